The van der Waals surface area contributed by atoms with Crippen LogP contribution in [0.3, 0.4) is 0 Å². The van der Waals surface area contributed by atoms with Crippen LogP contribution in [0, 0.1) is 0 Å². The van der Waals surface area contributed by atoms with Crippen LogP contribution in [-0.4, -0.2) is 37.1 Å². The van der Waals surface area contributed by atoms with E-state index in [1.807, 2.05) is 62.6 Å². The Morgan fingerprint density at radius 1 is 1.32 bits per heavy atom. The van der Waals surface area contributed by atoms with Gasteiger partial charge >= 0.3 is 6.03 Å². The summed E-state index contributed by atoms with van der Waals surface area (Å²) < 4.78 is 0. The molecule has 2 heterocycles. The Balaban J connectivity index is 1.98. The molecule has 2 rings (SSSR count). The second kappa shape index (κ2) is 7.26. The summed E-state index contributed by atoms with van der Waals surface area (Å²) in [4.78, 5) is 21.5. The van der Waals surface area contributed by atoms with Gasteiger partial charge in [0.2, 0.25) is 0 Å². The van der Waals surface area contributed by atoms with Crippen molar-refractivity contribution in [2.45, 2.75) is 19.5 Å². The van der Waals surface area contributed by atoms with E-state index >= 15 is 0 Å². The number of nitrogens with zero attached hydrogens (tertiary/aromatic N) is 3. The smallest absolute Gasteiger partial charge is 0.317 e. The van der Waals surface area contributed by atoms with Crippen LogP contribution >= 0.6 is 11.3 Å². The maximum Gasteiger partial charge on any atom is 0.317 e. The second-order valence-corrected chi connectivity index (χ2v) is 6.32. The number of urea groups is 1. The normalized spacial score (nSPS) is 11.8. The summed E-state index contributed by atoms with van der Waals surface area (Å²) in [5.41, 5.74) is 0.998. The molecule has 0 saturated heterocycles. The molecule has 0 aromatic carbocycles. The van der Waals surface area contributed by atoms with E-state index in [4.69, 9.17) is 0 Å². The molecule has 1 atom stereocenters. The first kappa shape index (κ1) is 16.3. The summed E-state index contributed by atoms with van der Waals surface area (Å²) in [5, 5.41) is 4.99. The predicted molar refractivity (Wildman–Crippen MR) is 91.3 cm³/mol. The largest absolute Gasteiger partial charge is 0.362 e. The SMILES string of the molecule is CC(c1cccs1)N(C)C(=O)NCc1cccnc1N(C)C. The topological polar surface area (TPSA) is 48.5 Å². The lowest BCUT2D eigenvalue weighted by atomic mass is 10.2. The minimum absolute atomic E-state index is 0.0576. The highest BCUT2D eigenvalue weighted by atomic mass is 32.1. The lowest BCUT2D eigenvalue weighted by Crippen LogP contribution is -2.38. The van der Waals surface area contributed by atoms with Gasteiger partial charge in [-0.3, -0.25) is 0 Å². The molecule has 0 aliphatic carbocycles. The Labute approximate surface area is 135 Å². The quantitative estimate of drug-likeness (QED) is 0.921. The molecule has 0 fully saturated rings. The van der Waals surface area contributed by atoms with E-state index in [1.54, 1.807) is 22.4 Å². The first-order chi connectivity index (χ1) is 10.5. The average Bonchev–Trinajstić information content (AvgIpc) is 3.05. The number of carbonyl (C=O) groups excluding carboxylic acids is 1. The molecular weight excluding hydrogens is 296 g/mol. The lowest BCUT2D eigenvalue weighted by molar-refractivity contribution is 0.195. The highest BCUT2D eigenvalue weighted by Crippen LogP contribution is 2.23. The van der Waals surface area contributed by atoms with Gasteiger partial charge < -0.3 is 15.1 Å². The number of thiophene rings is 1. The zero-order valence-electron chi connectivity index (χ0n) is 13.4. The van der Waals surface area contributed by atoms with E-state index in [2.05, 4.69) is 10.3 Å². The number of anilines is 1. The van der Waals surface area contributed by atoms with Crippen LogP contribution in [0.4, 0.5) is 10.6 Å². The van der Waals surface area contributed by atoms with Crippen molar-refractivity contribution < 1.29 is 4.79 Å². The number of hydrogen-bond donors (Lipinski definition) is 1. The van der Waals surface area contributed by atoms with Gasteiger partial charge in [-0.1, -0.05) is 12.1 Å². The Morgan fingerprint density at radius 3 is 2.73 bits per heavy atom. The van der Waals surface area contributed by atoms with Gasteiger partial charge in [0.15, 0.2) is 0 Å². The molecule has 0 spiro atoms. The number of rotatable bonds is 5. The van der Waals surface area contributed by atoms with Gasteiger partial charge in [0.1, 0.15) is 5.82 Å². The zero-order valence-corrected chi connectivity index (χ0v) is 14.2. The molecule has 6 heteroatoms. The van der Waals surface area contributed by atoms with Gasteiger partial charge in [-0.25, -0.2) is 9.78 Å². The van der Waals surface area contributed by atoms with Crippen molar-refractivity contribution in [2.24, 2.45) is 0 Å². The number of carbonyl (C=O) groups is 1. The van der Waals surface area contributed by atoms with Crippen LogP contribution < -0.4 is 10.2 Å². The van der Waals surface area contributed by atoms with Crippen molar-refractivity contribution in [1.29, 1.82) is 0 Å². The molecule has 118 valence electrons. The van der Waals surface area contributed by atoms with Crippen LogP contribution in [0.1, 0.15) is 23.4 Å². The number of aromatic nitrogens is 1. The van der Waals surface area contributed by atoms with E-state index in [9.17, 15) is 4.79 Å². The number of pyridine rings is 1. The molecule has 0 bridgehead atoms. The number of hydrogen-bond acceptors (Lipinski definition) is 4. The highest BCUT2D eigenvalue weighted by Gasteiger charge is 2.18. The lowest BCUT2D eigenvalue weighted by Gasteiger charge is -2.25. The monoisotopic (exact) mass is 318 g/mol. The van der Waals surface area contributed by atoms with Gasteiger partial charge in [-0.05, 0) is 24.4 Å². The number of nitrogens with one attached hydrogen (secondary N) is 1. The van der Waals surface area contributed by atoms with E-state index < -0.39 is 0 Å². The average molecular weight is 318 g/mol. The van der Waals surface area contributed by atoms with Crippen LogP contribution in [0.2, 0.25) is 0 Å². The summed E-state index contributed by atoms with van der Waals surface area (Å²) in [7, 11) is 5.70. The first-order valence-electron chi connectivity index (χ1n) is 7.16. The van der Waals surface area contributed by atoms with Crippen LogP contribution in [0.5, 0.6) is 0 Å². The molecule has 0 saturated carbocycles. The molecule has 1 N–H and O–H groups in total. The fourth-order valence-corrected chi connectivity index (χ4v) is 2.99. The molecule has 2 amide bonds. The first-order valence-corrected chi connectivity index (χ1v) is 8.04. The molecule has 2 aromatic rings. The third-order valence-electron chi connectivity index (χ3n) is 3.58. The van der Waals surface area contributed by atoms with Crippen molar-refractivity contribution in [3.63, 3.8) is 0 Å². The summed E-state index contributed by atoms with van der Waals surface area (Å²) >= 11 is 1.66. The van der Waals surface area contributed by atoms with E-state index in [0.717, 1.165) is 11.4 Å². The molecule has 0 radical (unpaired) electrons. The van der Waals surface area contributed by atoms with Crippen molar-refractivity contribution in [3.05, 3.63) is 46.3 Å². The molecule has 1 unspecified atom stereocenters. The summed E-state index contributed by atoms with van der Waals surface area (Å²) in [6, 6.07) is 7.88. The standard InChI is InChI=1S/C16H22N4OS/c1-12(14-8-6-10-22-14)20(4)16(21)18-11-13-7-5-9-17-15(13)19(2)3/h5-10,12H,11H2,1-4H3,(H,18,21). The van der Waals surface area contributed by atoms with Crippen molar-refractivity contribution in [1.82, 2.24) is 15.2 Å². The number of amides is 2. The van der Waals surface area contributed by atoms with Gasteiger partial charge in [-0.15, -0.1) is 11.3 Å². The highest BCUT2D eigenvalue weighted by molar-refractivity contribution is 7.10. The Hall–Kier alpha value is -2.08. The summed E-state index contributed by atoms with van der Waals surface area (Å²) in [6.07, 6.45) is 1.76. The van der Waals surface area contributed by atoms with E-state index in [0.29, 0.717) is 6.54 Å². The minimum Gasteiger partial charge on any atom is -0.362 e. The van der Waals surface area contributed by atoms with Crippen molar-refractivity contribution in [2.75, 3.05) is 26.0 Å². The molecule has 2 aromatic heterocycles. The van der Waals surface area contributed by atoms with E-state index in [-0.39, 0.29) is 12.1 Å². The zero-order chi connectivity index (χ0) is 16.1. The van der Waals surface area contributed by atoms with Gasteiger partial charge in [-0.2, -0.15) is 0 Å². The molecule has 22 heavy (non-hydrogen) atoms. The third kappa shape index (κ3) is 3.76. The fraction of sp³-hybridized carbons (Fsp3) is 0.375. The van der Waals surface area contributed by atoms with Crippen LogP contribution in [-0.2, 0) is 6.54 Å². The fourth-order valence-electron chi connectivity index (χ4n) is 2.16. The Morgan fingerprint density at radius 2 is 2.09 bits per heavy atom. The molecule has 0 aliphatic rings. The van der Waals surface area contributed by atoms with Gasteiger partial charge in [0, 0.05) is 44.3 Å². The third-order valence-corrected chi connectivity index (χ3v) is 4.62. The Bertz CT molecular complexity index is 612. The predicted octanol–water partition coefficient (Wildman–Crippen LogP) is 3.11. The Kier molecular flexibility index (Phi) is 5.38. The molecule has 0 aliphatic heterocycles. The van der Waals surface area contributed by atoms with Crippen molar-refractivity contribution in [3.8, 4) is 0 Å². The van der Waals surface area contributed by atoms with Crippen LogP contribution in [0.15, 0.2) is 35.8 Å². The van der Waals surface area contributed by atoms with Gasteiger partial charge in [0.25, 0.3) is 0 Å². The minimum atomic E-state index is -0.0885. The van der Waals surface area contributed by atoms with Crippen LogP contribution in [0.25, 0.3) is 0 Å². The second-order valence-electron chi connectivity index (χ2n) is 5.34. The summed E-state index contributed by atoms with van der Waals surface area (Å²) in [5.74, 6) is 0.872. The maximum atomic E-state index is 12.3. The van der Waals surface area contributed by atoms with E-state index in [1.165, 1.54) is 4.88 Å². The van der Waals surface area contributed by atoms with Crippen molar-refractivity contribution >= 4 is 23.2 Å². The maximum absolute atomic E-state index is 12.3. The summed E-state index contributed by atoms with van der Waals surface area (Å²) in [6.45, 7) is 2.49. The molecular formula is C16H22N4OS. The van der Waals surface area contributed by atoms with Gasteiger partial charge in [0.05, 0.1) is 6.04 Å². The molecule has 5 nitrogen and oxygen atoms in total.